The Labute approximate surface area is 156 Å². The van der Waals surface area contributed by atoms with Crippen molar-refractivity contribution < 1.29 is 18.0 Å². The second-order valence-corrected chi connectivity index (χ2v) is 6.43. The molecule has 0 fully saturated rings. The van der Waals surface area contributed by atoms with Gasteiger partial charge in [0.05, 0.1) is 0 Å². The Morgan fingerprint density at radius 3 is 2.52 bits per heavy atom. The number of rotatable bonds is 5. The molecule has 0 aliphatic heterocycles. The van der Waals surface area contributed by atoms with Crippen molar-refractivity contribution in [2.75, 3.05) is 11.2 Å². The molecular weight excluding hydrogens is 379 g/mol. The standard InChI is InChI=1S/C17H14F3N5OS/c18-17(19,20)15-23-24-16(25(15)21)27-10-11-5-4-6-12(9-11)14(26)22-13-7-2-1-3-8-13/h1-9H,10,21H2,(H,22,26). The minimum atomic E-state index is -4.67. The van der Waals surface area contributed by atoms with Gasteiger partial charge in [-0.05, 0) is 29.8 Å². The van der Waals surface area contributed by atoms with E-state index in [1.54, 1.807) is 48.5 Å². The van der Waals surface area contributed by atoms with E-state index in [4.69, 9.17) is 5.84 Å². The van der Waals surface area contributed by atoms with Crippen molar-refractivity contribution in [2.24, 2.45) is 0 Å². The van der Waals surface area contributed by atoms with Gasteiger partial charge in [0.15, 0.2) is 0 Å². The average Bonchev–Trinajstić information content (AvgIpc) is 3.02. The molecule has 0 unspecified atom stereocenters. The maximum Gasteiger partial charge on any atom is 0.453 e. The number of benzene rings is 2. The van der Waals surface area contributed by atoms with Crippen molar-refractivity contribution in [3.8, 4) is 0 Å². The molecule has 1 amide bonds. The number of nitrogen functional groups attached to an aromatic ring is 1. The molecule has 0 bridgehead atoms. The lowest BCUT2D eigenvalue weighted by Crippen LogP contribution is -2.21. The van der Waals surface area contributed by atoms with Crippen LogP contribution in [0.5, 0.6) is 0 Å². The lowest BCUT2D eigenvalue weighted by molar-refractivity contribution is -0.146. The predicted molar refractivity (Wildman–Crippen MR) is 95.6 cm³/mol. The first kappa shape index (κ1) is 18.8. The van der Waals surface area contributed by atoms with Crippen LogP contribution in [0.25, 0.3) is 0 Å². The van der Waals surface area contributed by atoms with Gasteiger partial charge in [0.1, 0.15) is 0 Å². The van der Waals surface area contributed by atoms with Crippen LogP contribution >= 0.6 is 11.8 Å². The monoisotopic (exact) mass is 393 g/mol. The minimum Gasteiger partial charge on any atom is -0.335 e. The third kappa shape index (κ3) is 4.59. The highest BCUT2D eigenvalue weighted by Gasteiger charge is 2.38. The fourth-order valence-electron chi connectivity index (χ4n) is 2.24. The number of carbonyl (C=O) groups excluding carboxylic acids is 1. The molecular formula is C17H14F3N5OS. The molecule has 6 nitrogen and oxygen atoms in total. The first-order chi connectivity index (χ1) is 12.8. The van der Waals surface area contributed by atoms with Crippen molar-refractivity contribution in [1.29, 1.82) is 0 Å². The summed E-state index contributed by atoms with van der Waals surface area (Å²) >= 11 is 0.994. The highest BCUT2D eigenvalue weighted by atomic mass is 32.2. The molecule has 0 spiro atoms. The number of aromatic nitrogens is 3. The van der Waals surface area contributed by atoms with E-state index in [1.165, 1.54) is 0 Å². The van der Waals surface area contributed by atoms with Crippen molar-refractivity contribution in [1.82, 2.24) is 14.9 Å². The Kier molecular flexibility index (Phi) is 5.36. The number of para-hydroxylation sites is 1. The van der Waals surface area contributed by atoms with E-state index in [9.17, 15) is 18.0 Å². The molecule has 1 heterocycles. The molecule has 0 aliphatic carbocycles. The molecule has 0 saturated heterocycles. The van der Waals surface area contributed by atoms with E-state index in [0.717, 1.165) is 17.3 Å². The fraction of sp³-hybridized carbons (Fsp3) is 0.118. The average molecular weight is 393 g/mol. The van der Waals surface area contributed by atoms with Crippen LogP contribution in [0.15, 0.2) is 59.8 Å². The molecule has 0 aliphatic rings. The van der Waals surface area contributed by atoms with Gasteiger partial charge in [0, 0.05) is 17.0 Å². The number of thioether (sulfide) groups is 1. The van der Waals surface area contributed by atoms with Crippen LogP contribution in [-0.2, 0) is 11.9 Å². The predicted octanol–water partition coefficient (Wildman–Crippen LogP) is 3.56. The van der Waals surface area contributed by atoms with E-state index >= 15 is 0 Å². The normalized spacial score (nSPS) is 11.4. The first-order valence-corrected chi connectivity index (χ1v) is 8.69. The molecule has 0 atom stereocenters. The number of alkyl halides is 3. The highest BCUT2D eigenvalue weighted by molar-refractivity contribution is 7.98. The van der Waals surface area contributed by atoms with Gasteiger partial charge in [0.2, 0.25) is 5.16 Å². The Bertz CT molecular complexity index is 943. The van der Waals surface area contributed by atoms with Crippen LogP contribution in [0.3, 0.4) is 0 Å². The number of carbonyl (C=O) groups is 1. The molecule has 1 aromatic heterocycles. The summed E-state index contributed by atoms with van der Waals surface area (Å²) in [5, 5.41) is 9.24. The minimum absolute atomic E-state index is 0.0681. The van der Waals surface area contributed by atoms with E-state index in [0.29, 0.717) is 15.9 Å². The molecule has 27 heavy (non-hydrogen) atoms. The number of hydrogen-bond donors (Lipinski definition) is 2. The summed E-state index contributed by atoms with van der Waals surface area (Å²) in [6.07, 6.45) is -4.67. The van der Waals surface area contributed by atoms with Crippen molar-refractivity contribution in [3.63, 3.8) is 0 Å². The van der Waals surface area contributed by atoms with Crippen LogP contribution < -0.4 is 11.2 Å². The number of nitrogens with one attached hydrogen (secondary N) is 1. The lowest BCUT2D eigenvalue weighted by atomic mass is 10.1. The largest absolute Gasteiger partial charge is 0.453 e. The molecule has 0 radical (unpaired) electrons. The zero-order chi connectivity index (χ0) is 19.4. The zero-order valence-corrected chi connectivity index (χ0v) is 14.6. The smallest absolute Gasteiger partial charge is 0.335 e. The number of nitrogens with zero attached hydrogens (tertiary/aromatic N) is 3. The van der Waals surface area contributed by atoms with E-state index in [-0.39, 0.29) is 16.8 Å². The van der Waals surface area contributed by atoms with Gasteiger partial charge in [-0.1, -0.05) is 42.1 Å². The van der Waals surface area contributed by atoms with E-state index in [1.807, 2.05) is 6.07 Å². The molecule has 140 valence electrons. The van der Waals surface area contributed by atoms with Crippen LogP contribution in [0, 0.1) is 0 Å². The SMILES string of the molecule is Nn1c(SCc2cccc(C(=O)Nc3ccccc3)c2)nnc1C(F)(F)F. The molecule has 10 heteroatoms. The molecule has 3 aromatic rings. The summed E-state index contributed by atoms with van der Waals surface area (Å²) in [7, 11) is 0. The Morgan fingerprint density at radius 2 is 1.85 bits per heavy atom. The quantitative estimate of drug-likeness (QED) is 0.511. The lowest BCUT2D eigenvalue weighted by Gasteiger charge is -2.08. The maximum atomic E-state index is 12.7. The Hall–Kier alpha value is -3.01. The molecule has 2 aromatic carbocycles. The van der Waals surface area contributed by atoms with Gasteiger partial charge in [-0.3, -0.25) is 4.79 Å². The first-order valence-electron chi connectivity index (χ1n) is 7.70. The van der Waals surface area contributed by atoms with E-state index < -0.39 is 12.0 Å². The number of halogens is 3. The number of nitrogens with two attached hydrogens (primary N) is 1. The number of hydrogen-bond acceptors (Lipinski definition) is 5. The van der Waals surface area contributed by atoms with E-state index in [2.05, 4.69) is 15.5 Å². The Morgan fingerprint density at radius 1 is 1.11 bits per heavy atom. The topological polar surface area (TPSA) is 85.8 Å². The second-order valence-electron chi connectivity index (χ2n) is 5.48. The van der Waals surface area contributed by atoms with Crippen molar-refractivity contribution in [2.45, 2.75) is 17.1 Å². The summed E-state index contributed by atoms with van der Waals surface area (Å²) in [5.41, 5.74) is 1.83. The van der Waals surface area contributed by atoms with Gasteiger partial charge >= 0.3 is 6.18 Å². The summed E-state index contributed by atoms with van der Waals surface area (Å²) < 4.78 is 38.5. The Balaban J connectivity index is 1.68. The summed E-state index contributed by atoms with van der Waals surface area (Å²) in [6, 6.07) is 15.8. The van der Waals surface area contributed by atoms with Crippen LogP contribution in [0.1, 0.15) is 21.7 Å². The summed E-state index contributed by atoms with van der Waals surface area (Å²) in [5.74, 6) is 4.14. The van der Waals surface area contributed by atoms with Gasteiger partial charge in [-0.15, -0.1) is 10.2 Å². The summed E-state index contributed by atoms with van der Waals surface area (Å²) in [6.45, 7) is 0. The fourth-order valence-corrected chi connectivity index (χ4v) is 3.04. The third-order valence-corrected chi connectivity index (χ3v) is 4.52. The van der Waals surface area contributed by atoms with Gasteiger partial charge < -0.3 is 11.2 Å². The molecule has 3 N–H and O–H groups in total. The van der Waals surface area contributed by atoms with Gasteiger partial charge in [-0.2, -0.15) is 13.2 Å². The number of amides is 1. The van der Waals surface area contributed by atoms with Gasteiger partial charge in [-0.25, -0.2) is 4.68 Å². The van der Waals surface area contributed by atoms with Crippen LogP contribution in [0.4, 0.5) is 18.9 Å². The van der Waals surface area contributed by atoms with Gasteiger partial charge in [0.25, 0.3) is 11.7 Å². The van der Waals surface area contributed by atoms with Crippen molar-refractivity contribution in [3.05, 3.63) is 71.5 Å². The zero-order valence-electron chi connectivity index (χ0n) is 13.8. The second kappa shape index (κ2) is 7.70. The molecule has 3 rings (SSSR count). The summed E-state index contributed by atoms with van der Waals surface area (Å²) in [4.78, 5) is 12.3. The van der Waals surface area contributed by atoms with Crippen LogP contribution in [-0.4, -0.2) is 20.8 Å². The van der Waals surface area contributed by atoms with Crippen LogP contribution in [0.2, 0.25) is 0 Å². The van der Waals surface area contributed by atoms with Crippen molar-refractivity contribution >= 4 is 23.4 Å². The maximum absolute atomic E-state index is 12.7. The third-order valence-electron chi connectivity index (χ3n) is 3.51. The molecule has 0 saturated carbocycles. The highest BCUT2D eigenvalue weighted by Crippen LogP contribution is 2.29. The number of anilines is 1.